The topological polar surface area (TPSA) is 120 Å². The highest BCUT2D eigenvalue weighted by atomic mass is 32.2. The molecular weight excluding hydrogens is 438 g/mol. The van der Waals surface area contributed by atoms with Gasteiger partial charge in [0.1, 0.15) is 17.3 Å². The Hall–Kier alpha value is -2.72. The van der Waals surface area contributed by atoms with Crippen LogP contribution in [0.3, 0.4) is 0 Å². The highest BCUT2D eigenvalue weighted by Crippen LogP contribution is 2.52. The summed E-state index contributed by atoms with van der Waals surface area (Å²) in [6, 6.07) is 6.28. The summed E-state index contributed by atoms with van der Waals surface area (Å²) in [5.74, 6) is 2.10. The molecule has 9 nitrogen and oxygen atoms in total. The van der Waals surface area contributed by atoms with Crippen molar-refractivity contribution in [1.82, 2.24) is 19.9 Å². The number of ether oxygens (including phenoxy) is 1. The van der Waals surface area contributed by atoms with Crippen molar-refractivity contribution in [2.24, 2.45) is 0 Å². The summed E-state index contributed by atoms with van der Waals surface area (Å²) in [6.07, 6.45) is 4.80. The molecular formula is C23H31N7O2S. The molecule has 0 amide bonds. The lowest BCUT2D eigenvalue weighted by molar-refractivity contribution is 0.0985. The zero-order valence-electron chi connectivity index (χ0n) is 19.5. The van der Waals surface area contributed by atoms with Gasteiger partial charge in [-0.1, -0.05) is 0 Å². The fraction of sp³-hybridized carbons (Fsp3) is 0.522. The molecule has 1 saturated heterocycles. The van der Waals surface area contributed by atoms with Crippen LogP contribution in [0.5, 0.6) is 0 Å². The van der Waals surface area contributed by atoms with Crippen molar-refractivity contribution < 1.29 is 8.95 Å². The fourth-order valence-corrected chi connectivity index (χ4v) is 5.94. The zero-order valence-corrected chi connectivity index (χ0v) is 20.3. The summed E-state index contributed by atoms with van der Waals surface area (Å²) < 4.78 is 26.3. The molecule has 1 unspecified atom stereocenters. The van der Waals surface area contributed by atoms with E-state index in [0.29, 0.717) is 37.6 Å². The Morgan fingerprint density at radius 3 is 2.76 bits per heavy atom. The molecule has 0 radical (unpaired) electrons. The third-order valence-corrected chi connectivity index (χ3v) is 8.61. The molecule has 10 heteroatoms. The van der Waals surface area contributed by atoms with E-state index in [2.05, 4.69) is 41.0 Å². The van der Waals surface area contributed by atoms with Crippen molar-refractivity contribution in [1.29, 1.82) is 4.78 Å². The second-order valence-electron chi connectivity index (χ2n) is 9.48. The highest BCUT2D eigenvalue weighted by Gasteiger charge is 2.53. The maximum atomic E-state index is 13.0. The van der Waals surface area contributed by atoms with E-state index in [1.54, 1.807) is 0 Å². The quantitative estimate of drug-likeness (QED) is 0.503. The lowest BCUT2D eigenvalue weighted by atomic mass is 10.1. The Kier molecular flexibility index (Phi) is 5.32. The Morgan fingerprint density at radius 1 is 1.30 bits per heavy atom. The fourth-order valence-electron chi connectivity index (χ4n) is 4.55. The van der Waals surface area contributed by atoms with Crippen LogP contribution >= 0.6 is 0 Å². The molecule has 1 aliphatic heterocycles. The van der Waals surface area contributed by atoms with E-state index < -0.39 is 14.5 Å². The van der Waals surface area contributed by atoms with Crippen LogP contribution in [0.4, 0.5) is 11.6 Å². The van der Waals surface area contributed by atoms with Gasteiger partial charge in [0.2, 0.25) is 0 Å². The number of morpholine rings is 1. The van der Waals surface area contributed by atoms with Gasteiger partial charge in [-0.05, 0) is 45.7 Å². The first kappa shape index (κ1) is 22.1. The molecule has 3 aromatic rings. The normalized spacial score (nSPS) is 21.8. The van der Waals surface area contributed by atoms with E-state index in [0.717, 1.165) is 34.8 Å². The van der Waals surface area contributed by atoms with Crippen LogP contribution in [-0.4, -0.2) is 62.2 Å². The number of pyridine rings is 1. The minimum atomic E-state index is -2.82. The van der Waals surface area contributed by atoms with Gasteiger partial charge in [-0.25, -0.2) is 19.2 Å². The Bertz CT molecular complexity index is 1300. The lowest BCUT2D eigenvalue weighted by Crippen LogP contribution is -2.44. The van der Waals surface area contributed by atoms with Crippen molar-refractivity contribution in [2.45, 2.75) is 50.4 Å². The highest BCUT2D eigenvalue weighted by molar-refractivity contribution is 7.92. The average Bonchev–Trinajstić information content (AvgIpc) is 3.46. The number of rotatable bonds is 6. The Morgan fingerprint density at radius 2 is 2.09 bits per heavy atom. The van der Waals surface area contributed by atoms with Crippen LogP contribution in [0.15, 0.2) is 24.4 Å². The number of nitrogens with one attached hydrogen (secondary N) is 3. The van der Waals surface area contributed by atoms with Crippen LogP contribution in [0, 0.1) is 4.78 Å². The van der Waals surface area contributed by atoms with Gasteiger partial charge in [0.25, 0.3) is 0 Å². The SMILES string of the molecule is CC(C)Nc1cc(-c2nc(N3CCOC[C@H]3C)cc(C3(S(C)(=N)=O)CC3)n2)c2cc[nH]c2n1. The molecule has 0 spiro atoms. The van der Waals surface area contributed by atoms with Gasteiger partial charge in [0.15, 0.2) is 5.82 Å². The molecule has 176 valence electrons. The number of hydrogen-bond donors (Lipinski definition) is 3. The number of aromatic nitrogens is 4. The van der Waals surface area contributed by atoms with Crippen molar-refractivity contribution in [3.05, 3.63) is 30.1 Å². The lowest BCUT2D eigenvalue weighted by Gasteiger charge is -2.35. The molecule has 3 aromatic heterocycles. The molecule has 5 rings (SSSR count). The van der Waals surface area contributed by atoms with Gasteiger partial charge < -0.3 is 19.9 Å². The minimum absolute atomic E-state index is 0.161. The van der Waals surface area contributed by atoms with E-state index >= 15 is 0 Å². The molecule has 0 bridgehead atoms. The number of hydrogen-bond acceptors (Lipinski definition) is 8. The molecule has 2 aliphatic rings. The van der Waals surface area contributed by atoms with Crippen molar-refractivity contribution >= 4 is 32.4 Å². The van der Waals surface area contributed by atoms with E-state index in [9.17, 15) is 4.21 Å². The monoisotopic (exact) mass is 469 g/mol. The summed E-state index contributed by atoms with van der Waals surface area (Å²) >= 11 is 0. The van der Waals surface area contributed by atoms with E-state index in [4.69, 9.17) is 19.5 Å². The Labute approximate surface area is 194 Å². The van der Waals surface area contributed by atoms with Crippen LogP contribution in [-0.2, 0) is 19.2 Å². The van der Waals surface area contributed by atoms with Gasteiger partial charge in [0, 0.05) is 42.1 Å². The van der Waals surface area contributed by atoms with Gasteiger partial charge in [-0.2, -0.15) is 0 Å². The van der Waals surface area contributed by atoms with Gasteiger partial charge >= 0.3 is 0 Å². The standard InChI is InChI=1S/C23H31N7O2S/c1-14(2)26-19-11-17(16-5-8-25-21(16)28-19)22-27-18(23(6-7-23)33(4,24)31)12-20(29-22)30-9-10-32-13-15(30)3/h5,8,11-12,14-15,24H,6-7,9-10,13H2,1-4H3,(H2,25,26,28)/t15-,33?/m1/s1. The summed E-state index contributed by atoms with van der Waals surface area (Å²) in [4.78, 5) is 20.0. The van der Waals surface area contributed by atoms with Crippen molar-refractivity contribution in [3.63, 3.8) is 0 Å². The summed E-state index contributed by atoms with van der Waals surface area (Å²) in [5, 5.41) is 4.30. The number of anilines is 2. The first-order chi connectivity index (χ1) is 15.7. The van der Waals surface area contributed by atoms with Crippen molar-refractivity contribution in [2.75, 3.05) is 36.2 Å². The largest absolute Gasteiger partial charge is 0.377 e. The smallest absolute Gasteiger partial charge is 0.162 e. The average molecular weight is 470 g/mol. The summed E-state index contributed by atoms with van der Waals surface area (Å²) in [7, 11) is -2.82. The summed E-state index contributed by atoms with van der Waals surface area (Å²) in [5.41, 5.74) is 2.31. The maximum absolute atomic E-state index is 13.0. The van der Waals surface area contributed by atoms with Gasteiger partial charge in [0.05, 0.1) is 39.4 Å². The molecule has 1 aliphatic carbocycles. The predicted octanol–water partition coefficient (Wildman–Crippen LogP) is 3.73. The second kappa shape index (κ2) is 7.95. The molecule has 4 heterocycles. The second-order valence-corrected chi connectivity index (χ2v) is 12.0. The molecule has 1 saturated carbocycles. The van der Waals surface area contributed by atoms with E-state index in [1.165, 1.54) is 6.26 Å². The molecule has 2 fully saturated rings. The third-order valence-electron chi connectivity index (χ3n) is 6.50. The first-order valence-corrected chi connectivity index (χ1v) is 13.4. The number of nitrogens with zero attached hydrogens (tertiary/aromatic N) is 4. The molecule has 0 aromatic carbocycles. The van der Waals surface area contributed by atoms with Crippen molar-refractivity contribution in [3.8, 4) is 11.4 Å². The number of fused-ring (bicyclic) bond motifs is 1. The zero-order chi connectivity index (χ0) is 23.4. The van der Waals surface area contributed by atoms with Crippen LogP contribution in [0.2, 0.25) is 0 Å². The Balaban J connectivity index is 1.72. The van der Waals surface area contributed by atoms with E-state index in [1.807, 2.05) is 24.4 Å². The molecule has 3 N–H and O–H groups in total. The van der Waals surface area contributed by atoms with Gasteiger partial charge in [-0.15, -0.1) is 0 Å². The number of aromatic amines is 1. The molecule has 33 heavy (non-hydrogen) atoms. The molecule has 2 atom stereocenters. The van der Waals surface area contributed by atoms with Crippen LogP contribution in [0.1, 0.15) is 39.3 Å². The summed E-state index contributed by atoms with van der Waals surface area (Å²) in [6.45, 7) is 8.23. The third kappa shape index (κ3) is 3.95. The minimum Gasteiger partial charge on any atom is -0.377 e. The predicted molar refractivity (Wildman–Crippen MR) is 131 cm³/mol. The first-order valence-electron chi connectivity index (χ1n) is 11.4. The van der Waals surface area contributed by atoms with Gasteiger partial charge in [-0.3, -0.25) is 4.78 Å². The number of H-pyrrole nitrogens is 1. The van der Waals surface area contributed by atoms with Crippen LogP contribution < -0.4 is 10.2 Å². The maximum Gasteiger partial charge on any atom is 0.162 e. The van der Waals surface area contributed by atoms with Crippen LogP contribution in [0.25, 0.3) is 22.4 Å². The van der Waals surface area contributed by atoms with E-state index in [-0.39, 0.29) is 12.1 Å².